The molecule has 1 heterocycles. The highest BCUT2D eigenvalue weighted by Crippen LogP contribution is 2.21. The third-order valence-corrected chi connectivity index (χ3v) is 4.34. The molecule has 1 fully saturated rings. The van der Waals surface area contributed by atoms with E-state index in [9.17, 15) is 4.79 Å². The Bertz CT molecular complexity index is 231. The number of hydrogen-bond donors (Lipinski definition) is 0. The molecule has 0 aromatic rings. The molecule has 0 aliphatic carbocycles. The third kappa shape index (κ3) is 6.21. The first-order valence-corrected chi connectivity index (χ1v) is 8.73. The second-order valence-corrected chi connectivity index (χ2v) is 6.28. The second kappa shape index (κ2) is 9.82. The highest BCUT2D eigenvalue weighted by molar-refractivity contribution is 9.09. The van der Waals surface area contributed by atoms with Crippen LogP contribution < -0.4 is 0 Å². The van der Waals surface area contributed by atoms with Gasteiger partial charge < -0.3 is 4.90 Å². The maximum Gasteiger partial charge on any atom is 0.222 e. The van der Waals surface area contributed by atoms with Gasteiger partial charge in [-0.2, -0.15) is 0 Å². The van der Waals surface area contributed by atoms with Crippen molar-refractivity contribution in [1.82, 2.24) is 4.90 Å². The van der Waals surface area contributed by atoms with E-state index in [0.29, 0.717) is 5.91 Å². The average Bonchev–Trinajstić information content (AvgIpc) is 2.39. The van der Waals surface area contributed by atoms with E-state index in [-0.39, 0.29) is 0 Å². The van der Waals surface area contributed by atoms with Crippen molar-refractivity contribution in [1.29, 1.82) is 0 Å². The molecule has 0 spiro atoms. The molecule has 0 saturated carbocycles. The molecular weight excluding hydrogens is 290 g/mol. The first kappa shape index (κ1) is 16.0. The van der Waals surface area contributed by atoms with Gasteiger partial charge in [-0.3, -0.25) is 4.79 Å². The maximum atomic E-state index is 12.1. The predicted molar refractivity (Wildman–Crippen MR) is 81.1 cm³/mol. The summed E-state index contributed by atoms with van der Waals surface area (Å²) in [5.74, 6) is 1.12. The van der Waals surface area contributed by atoms with Crippen LogP contribution in [0.15, 0.2) is 0 Å². The van der Waals surface area contributed by atoms with Crippen LogP contribution in [0.3, 0.4) is 0 Å². The van der Waals surface area contributed by atoms with Crippen LogP contribution in [-0.4, -0.2) is 29.2 Å². The largest absolute Gasteiger partial charge is 0.342 e. The maximum absolute atomic E-state index is 12.1. The number of carbonyl (C=O) groups is 1. The number of amides is 1. The lowest BCUT2D eigenvalue weighted by Crippen LogP contribution is -2.39. The van der Waals surface area contributed by atoms with Crippen LogP contribution in [-0.2, 0) is 4.79 Å². The summed E-state index contributed by atoms with van der Waals surface area (Å²) >= 11 is 3.50. The Labute approximate surface area is 121 Å². The van der Waals surface area contributed by atoms with Crippen molar-refractivity contribution in [2.24, 2.45) is 5.92 Å². The molecule has 1 amide bonds. The minimum atomic E-state index is 0.394. The van der Waals surface area contributed by atoms with E-state index in [1.165, 1.54) is 44.9 Å². The molecule has 0 radical (unpaired) electrons. The molecule has 0 bridgehead atoms. The molecule has 0 aromatic carbocycles. The number of likely N-dealkylation sites (tertiary alicyclic amines) is 1. The summed E-state index contributed by atoms with van der Waals surface area (Å²) in [4.78, 5) is 14.2. The second-order valence-electron chi connectivity index (χ2n) is 5.49. The van der Waals surface area contributed by atoms with Gasteiger partial charge in [-0.1, -0.05) is 48.5 Å². The number of piperidine rings is 1. The predicted octanol–water partition coefficient (Wildman–Crippen LogP) is 4.37. The fourth-order valence-corrected chi connectivity index (χ4v) is 3.37. The van der Waals surface area contributed by atoms with Gasteiger partial charge in [-0.15, -0.1) is 0 Å². The summed E-state index contributed by atoms with van der Waals surface area (Å²) in [5, 5.41) is 1.07. The van der Waals surface area contributed by atoms with Crippen LogP contribution in [0.25, 0.3) is 0 Å². The van der Waals surface area contributed by atoms with Gasteiger partial charge in [-0.25, -0.2) is 0 Å². The monoisotopic (exact) mass is 317 g/mol. The Morgan fingerprint density at radius 3 is 2.78 bits per heavy atom. The van der Waals surface area contributed by atoms with E-state index < -0.39 is 0 Å². The first-order valence-electron chi connectivity index (χ1n) is 7.61. The Morgan fingerprint density at radius 1 is 1.28 bits per heavy atom. The molecule has 1 saturated heterocycles. The molecule has 3 heteroatoms. The summed E-state index contributed by atoms with van der Waals surface area (Å²) in [7, 11) is 0. The van der Waals surface area contributed by atoms with Crippen LogP contribution >= 0.6 is 15.9 Å². The molecule has 1 aliphatic rings. The fourth-order valence-electron chi connectivity index (χ4n) is 2.72. The molecule has 1 unspecified atom stereocenters. The summed E-state index contributed by atoms with van der Waals surface area (Å²) in [6, 6.07) is 0. The molecule has 1 rings (SSSR count). The lowest BCUT2D eigenvalue weighted by molar-refractivity contribution is -0.133. The molecule has 1 aliphatic heterocycles. The highest BCUT2D eigenvalue weighted by atomic mass is 79.9. The van der Waals surface area contributed by atoms with Gasteiger partial charge in [-0.05, 0) is 31.6 Å². The SMILES string of the molecule is CCCCCCCC(=O)N1CCCC(CCBr)C1. The van der Waals surface area contributed by atoms with Crippen molar-refractivity contribution in [2.45, 2.75) is 64.7 Å². The van der Waals surface area contributed by atoms with Crippen molar-refractivity contribution in [3.63, 3.8) is 0 Å². The zero-order chi connectivity index (χ0) is 13.2. The van der Waals surface area contributed by atoms with E-state index in [1.54, 1.807) is 0 Å². The van der Waals surface area contributed by atoms with Gasteiger partial charge in [0.05, 0.1) is 0 Å². The van der Waals surface area contributed by atoms with Crippen LogP contribution in [0.2, 0.25) is 0 Å². The van der Waals surface area contributed by atoms with Gasteiger partial charge in [0.1, 0.15) is 0 Å². The Hall–Kier alpha value is -0.0500. The Morgan fingerprint density at radius 2 is 2.06 bits per heavy atom. The summed E-state index contributed by atoms with van der Waals surface area (Å²) in [6.07, 6.45) is 10.6. The molecule has 0 N–H and O–H groups in total. The number of carbonyl (C=O) groups excluding carboxylic acids is 1. The van der Waals surface area contributed by atoms with Gasteiger partial charge in [0, 0.05) is 24.8 Å². The van der Waals surface area contributed by atoms with Gasteiger partial charge in [0.25, 0.3) is 0 Å². The standard InChI is InChI=1S/C15H28BrNO/c1-2-3-4-5-6-9-15(18)17-12-7-8-14(13-17)10-11-16/h14H,2-13H2,1H3. The minimum absolute atomic E-state index is 0.394. The van der Waals surface area contributed by atoms with E-state index in [1.807, 2.05) is 0 Å². The zero-order valence-electron chi connectivity index (χ0n) is 11.8. The Balaban J connectivity index is 2.16. The zero-order valence-corrected chi connectivity index (χ0v) is 13.4. The van der Waals surface area contributed by atoms with Crippen LogP contribution in [0.4, 0.5) is 0 Å². The average molecular weight is 318 g/mol. The topological polar surface area (TPSA) is 20.3 Å². The van der Waals surface area contributed by atoms with Crippen molar-refractivity contribution < 1.29 is 4.79 Å². The molecule has 18 heavy (non-hydrogen) atoms. The molecule has 0 aromatic heterocycles. The normalized spacial score (nSPS) is 20.1. The number of rotatable bonds is 8. The van der Waals surface area contributed by atoms with Crippen LogP contribution in [0.5, 0.6) is 0 Å². The summed E-state index contributed by atoms with van der Waals surface area (Å²) in [5.41, 5.74) is 0. The van der Waals surface area contributed by atoms with E-state index in [0.717, 1.165) is 37.2 Å². The quantitative estimate of drug-likeness (QED) is 0.481. The number of halogens is 1. The molecular formula is C15H28BrNO. The van der Waals surface area contributed by atoms with Crippen molar-refractivity contribution in [3.05, 3.63) is 0 Å². The Kier molecular flexibility index (Phi) is 8.74. The smallest absolute Gasteiger partial charge is 0.222 e. The van der Waals surface area contributed by atoms with E-state index in [2.05, 4.69) is 27.8 Å². The van der Waals surface area contributed by atoms with Gasteiger partial charge in [0.2, 0.25) is 5.91 Å². The summed E-state index contributed by atoms with van der Waals surface area (Å²) in [6.45, 7) is 4.22. The van der Waals surface area contributed by atoms with Gasteiger partial charge in [0.15, 0.2) is 0 Å². The van der Waals surface area contributed by atoms with Crippen LogP contribution in [0.1, 0.15) is 64.7 Å². The highest BCUT2D eigenvalue weighted by Gasteiger charge is 2.22. The lowest BCUT2D eigenvalue weighted by Gasteiger charge is -2.32. The van der Waals surface area contributed by atoms with Crippen molar-refractivity contribution in [2.75, 3.05) is 18.4 Å². The number of unbranched alkanes of at least 4 members (excludes halogenated alkanes) is 4. The van der Waals surface area contributed by atoms with Crippen molar-refractivity contribution in [3.8, 4) is 0 Å². The number of hydrogen-bond acceptors (Lipinski definition) is 1. The molecule has 1 atom stereocenters. The minimum Gasteiger partial charge on any atom is -0.342 e. The number of alkyl halides is 1. The van der Waals surface area contributed by atoms with E-state index >= 15 is 0 Å². The summed E-state index contributed by atoms with van der Waals surface area (Å²) < 4.78 is 0. The number of nitrogens with zero attached hydrogens (tertiary/aromatic N) is 1. The third-order valence-electron chi connectivity index (χ3n) is 3.88. The van der Waals surface area contributed by atoms with Crippen LogP contribution in [0, 0.1) is 5.92 Å². The lowest BCUT2D eigenvalue weighted by atomic mass is 9.95. The molecule has 106 valence electrons. The fraction of sp³-hybridized carbons (Fsp3) is 0.933. The van der Waals surface area contributed by atoms with Gasteiger partial charge >= 0.3 is 0 Å². The van der Waals surface area contributed by atoms with E-state index in [4.69, 9.17) is 0 Å². The first-order chi connectivity index (χ1) is 8.77. The van der Waals surface area contributed by atoms with Crippen molar-refractivity contribution >= 4 is 21.8 Å². The molecule has 2 nitrogen and oxygen atoms in total.